The Balaban J connectivity index is 1.38. The number of nitrogens with zero attached hydrogens (tertiary/aromatic N) is 2. The van der Waals surface area contributed by atoms with Crippen LogP contribution in [0.1, 0.15) is 44.2 Å². The zero-order valence-electron chi connectivity index (χ0n) is 16.7. The largest absolute Gasteiger partial charge is 0.381 e. The Hall–Kier alpha value is -1.65. The highest BCUT2D eigenvalue weighted by Crippen LogP contribution is 2.43. The molecule has 2 saturated heterocycles. The minimum absolute atomic E-state index is 0.145. The number of carbonyl (C=O) groups excluding carboxylic acids is 1. The van der Waals surface area contributed by atoms with Crippen molar-refractivity contribution >= 4 is 11.5 Å². The number of benzene rings is 1. The predicted molar refractivity (Wildman–Crippen MR) is 108 cm³/mol. The molecule has 2 atom stereocenters. The van der Waals surface area contributed by atoms with E-state index in [1.807, 2.05) is 4.90 Å². The molecule has 0 bridgehead atoms. The number of amides is 1. The predicted octanol–water partition coefficient (Wildman–Crippen LogP) is 2.96. The van der Waals surface area contributed by atoms with Crippen LogP contribution in [0.2, 0.25) is 0 Å². The Morgan fingerprint density at radius 3 is 2.52 bits per heavy atom. The van der Waals surface area contributed by atoms with Crippen LogP contribution >= 0.6 is 0 Å². The van der Waals surface area contributed by atoms with Crippen molar-refractivity contribution < 1.29 is 9.90 Å². The van der Waals surface area contributed by atoms with Crippen molar-refractivity contribution in [3.63, 3.8) is 0 Å². The molecule has 2 unspecified atom stereocenters. The first kappa shape index (κ1) is 18.7. The molecule has 1 aliphatic carbocycles. The molecule has 4 rings (SSSR count). The summed E-state index contributed by atoms with van der Waals surface area (Å²) in [4.78, 5) is 16.8. The monoisotopic (exact) mass is 368 g/mol. The Kier molecular flexibility index (Phi) is 5.13. The third kappa shape index (κ3) is 3.97. The minimum Gasteiger partial charge on any atom is -0.381 e. The number of carbonyl (C=O) groups is 1. The molecule has 2 heterocycles. The third-order valence-electron chi connectivity index (χ3n) is 6.49. The van der Waals surface area contributed by atoms with Gasteiger partial charge in [0.1, 0.15) is 5.60 Å². The van der Waals surface area contributed by atoms with Crippen LogP contribution in [0.4, 0.5) is 0 Å². The first-order valence-corrected chi connectivity index (χ1v) is 10.5. The molecule has 0 aromatic heterocycles. The molecule has 0 spiro atoms. The van der Waals surface area contributed by atoms with Gasteiger partial charge in [-0.2, -0.15) is 0 Å². The van der Waals surface area contributed by atoms with Gasteiger partial charge in [-0.15, -0.1) is 0 Å². The maximum atomic E-state index is 12.4. The van der Waals surface area contributed by atoms with Gasteiger partial charge in [-0.3, -0.25) is 4.79 Å². The molecule has 1 aromatic rings. The van der Waals surface area contributed by atoms with Gasteiger partial charge in [0, 0.05) is 25.6 Å². The lowest BCUT2D eigenvalue weighted by molar-refractivity contribution is -0.146. The first-order chi connectivity index (χ1) is 12.9. The van der Waals surface area contributed by atoms with Crippen molar-refractivity contribution in [3.05, 3.63) is 41.5 Å². The molecule has 3 aliphatic rings. The normalized spacial score (nSPS) is 25.7. The van der Waals surface area contributed by atoms with E-state index < -0.39 is 5.60 Å². The van der Waals surface area contributed by atoms with Crippen molar-refractivity contribution in [2.24, 2.45) is 11.8 Å². The fourth-order valence-electron chi connectivity index (χ4n) is 4.93. The molecule has 1 N–H and O–H groups in total. The minimum atomic E-state index is -1.28. The van der Waals surface area contributed by atoms with Crippen LogP contribution in [0.5, 0.6) is 0 Å². The standard InChI is InChI=1S/C23H32N2O2/c1-23(2,27)22(26)25-15-19-9-10-20(21(19)16-25)18-7-5-17(6-8-18)11-14-24-12-3-4-13-24/h5-8,10,19,21,27H,3-4,9,11-16H2,1-2H3. The quantitative estimate of drug-likeness (QED) is 0.869. The van der Waals surface area contributed by atoms with Gasteiger partial charge in [-0.25, -0.2) is 0 Å². The Bertz CT molecular complexity index is 711. The highest BCUT2D eigenvalue weighted by atomic mass is 16.3. The molecule has 2 fully saturated rings. The number of hydrogen-bond acceptors (Lipinski definition) is 3. The summed E-state index contributed by atoms with van der Waals surface area (Å²) in [6.07, 6.45) is 7.22. The molecule has 2 aliphatic heterocycles. The molecule has 1 aromatic carbocycles. The van der Waals surface area contributed by atoms with Crippen LogP contribution in [-0.2, 0) is 11.2 Å². The molecule has 4 heteroatoms. The van der Waals surface area contributed by atoms with Gasteiger partial charge >= 0.3 is 0 Å². The van der Waals surface area contributed by atoms with Crippen molar-refractivity contribution in [1.29, 1.82) is 0 Å². The summed E-state index contributed by atoms with van der Waals surface area (Å²) >= 11 is 0. The van der Waals surface area contributed by atoms with Gasteiger partial charge in [-0.1, -0.05) is 30.3 Å². The Morgan fingerprint density at radius 2 is 1.85 bits per heavy atom. The van der Waals surface area contributed by atoms with Gasteiger partial charge in [-0.05, 0) is 75.2 Å². The topological polar surface area (TPSA) is 43.8 Å². The highest BCUT2D eigenvalue weighted by molar-refractivity contribution is 5.85. The summed E-state index contributed by atoms with van der Waals surface area (Å²) < 4.78 is 0. The lowest BCUT2D eigenvalue weighted by Gasteiger charge is -2.25. The maximum absolute atomic E-state index is 12.4. The number of allylic oxidation sites excluding steroid dienone is 1. The molecular weight excluding hydrogens is 336 g/mol. The van der Waals surface area contributed by atoms with E-state index in [2.05, 4.69) is 35.2 Å². The lowest BCUT2D eigenvalue weighted by Crippen LogP contribution is -2.44. The van der Waals surface area contributed by atoms with Crippen molar-refractivity contribution in [3.8, 4) is 0 Å². The van der Waals surface area contributed by atoms with Crippen molar-refractivity contribution in [2.45, 2.75) is 45.1 Å². The Morgan fingerprint density at radius 1 is 1.15 bits per heavy atom. The van der Waals surface area contributed by atoms with Gasteiger partial charge in [0.2, 0.25) is 0 Å². The average Bonchev–Trinajstić information content (AvgIpc) is 3.36. The van der Waals surface area contributed by atoms with Gasteiger partial charge < -0.3 is 14.9 Å². The maximum Gasteiger partial charge on any atom is 0.253 e. The van der Waals surface area contributed by atoms with E-state index in [-0.39, 0.29) is 5.91 Å². The number of likely N-dealkylation sites (tertiary alicyclic amines) is 2. The average molecular weight is 369 g/mol. The van der Waals surface area contributed by atoms with E-state index in [0.29, 0.717) is 11.8 Å². The van der Waals surface area contributed by atoms with Crippen LogP contribution in [-0.4, -0.2) is 59.1 Å². The highest BCUT2D eigenvalue weighted by Gasteiger charge is 2.42. The van der Waals surface area contributed by atoms with E-state index in [4.69, 9.17) is 0 Å². The van der Waals surface area contributed by atoms with Crippen LogP contribution in [0.3, 0.4) is 0 Å². The molecule has 0 radical (unpaired) electrons. The van der Waals surface area contributed by atoms with Gasteiger partial charge in [0.15, 0.2) is 0 Å². The number of hydrogen-bond donors (Lipinski definition) is 1. The smallest absolute Gasteiger partial charge is 0.253 e. The molecule has 4 nitrogen and oxygen atoms in total. The zero-order valence-corrected chi connectivity index (χ0v) is 16.7. The molecule has 27 heavy (non-hydrogen) atoms. The second kappa shape index (κ2) is 7.40. The van der Waals surface area contributed by atoms with E-state index in [0.717, 1.165) is 25.9 Å². The number of rotatable bonds is 5. The summed E-state index contributed by atoms with van der Waals surface area (Å²) in [7, 11) is 0. The van der Waals surface area contributed by atoms with Gasteiger partial charge in [0.25, 0.3) is 5.91 Å². The second-order valence-electron chi connectivity index (χ2n) is 9.03. The summed E-state index contributed by atoms with van der Waals surface area (Å²) in [5.41, 5.74) is 2.81. The fraction of sp³-hybridized carbons (Fsp3) is 0.609. The van der Waals surface area contributed by atoms with E-state index in [9.17, 15) is 9.90 Å². The number of fused-ring (bicyclic) bond motifs is 1. The third-order valence-corrected chi connectivity index (χ3v) is 6.49. The molecule has 146 valence electrons. The van der Waals surface area contributed by atoms with Crippen molar-refractivity contribution in [2.75, 3.05) is 32.7 Å². The summed E-state index contributed by atoms with van der Waals surface area (Å²) in [6.45, 7) is 8.35. The van der Waals surface area contributed by atoms with Crippen LogP contribution < -0.4 is 0 Å². The van der Waals surface area contributed by atoms with Crippen LogP contribution in [0.25, 0.3) is 5.57 Å². The summed E-state index contributed by atoms with van der Waals surface area (Å²) in [5.74, 6) is 0.765. The molecular formula is C23H32N2O2. The zero-order chi connectivity index (χ0) is 19.0. The van der Waals surface area contributed by atoms with E-state index in [1.165, 1.54) is 49.2 Å². The molecule has 0 saturated carbocycles. The van der Waals surface area contributed by atoms with E-state index >= 15 is 0 Å². The lowest BCUT2D eigenvalue weighted by atomic mass is 9.90. The fourth-order valence-corrected chi connectivity index (χ4v) is 4.93. The van der Waals surface area contributed by atoms with Gasteiger partial charge in [0.05, 0.1) is 0 Å². The summed E-state index contributed by atoms with van der Waals surface area (Å²) in [5, 5.41) is 10.0. The van der Waals surface area contributed by atoms with Crippen molar-refractivity contribution in [1.82, 2.24) is 9.80 Å². The Labute approximate surface area is 162 Å². The number of aliphatic hydroxyl groups is 1. The first-order valence-electron chi connectivity index (χ1n) is 10.5. The summed E-state index contributed by atoms with van der Waals surface area (Å²) in [6, 6.07) is 9.06. The SMILES string of the molecule is CC(C)(O)C(=O)N1CC2CC=C(c3ccc(CCN4CCCC4)cc3)C2C1. The molecule has 1 amide bonds. The second-order valence-corrected chi connectivity index (χ2v) is 9.03. The van der Waals surface area contributed by atoms with E-state index in [1.54, 1.807) is 13.8 Å². The van der Waals surface area contributed by atoms with Crippen LogP contribution in [0, 0.1) is 11.8 Å². The van der Waals surface area contributed by atoms with Crippen LogP contribution in [0.15, 0.2) is 30.3 Å².